The number of rotatable bonds is 7. The summed E-state index contributed by atoms with van der Waals surface area (Å²) >= 11 is 0. The van der Waals surface area contributed by atoms with Gasteiger partial charge in [0.2, 0.25) is 15.9 Å². The number of aryl methyl sites for hydroxylation is 1. The van der Waals surface area contributed by atoms with E-state index in [0.717, 1.165) is 15.9 Å². The van der Waals surface area contributed by atoms with E-state index in [9.17, 15) is 30.8 Å². The molecule has 0 bridgehead atoms. The average molecular weight is 480 g/mol. The number of alkyl halides is 3. The molecule has 3 rings (SSSR count). The summed E-state index contributed by atoms with van der Waals surface area (Å²) in [6, 6.07) is 16.6. The second-order valence-corrected chi connectivity index (χ2v) is 9.25. The van der Waals surface area contributed by atoms with Crippen LogP contribution in [0, 0.1) is 12.7 Å². The largest absolute Gasteiger partial charge is 0.419 e. The molecule has 0 fully saturated rings. The van der Waals surface area contributed by atoms with E-state index in [2.05, 4.69) is 5.32 Å². The molecule has 0 aromatic heterocycles. The zero-order chi connectivity index (χ0) is 24.2. The summed E-state index contributed by atoms with van der Waals surface area (Å²) in [7, 11) is -4.11. The summed E-state index contributed by atoms with van der Waals surface area (Å²) in [6.45, 7) is 0.995. The molecule has 3 aromatic rings. The van der Waals surface area contributed by atoms with E-state index in [1.54, 1.807) is 49.4 Å². The fourth-order valence-corrected chi connectivity index (χ4v) is 4.44. The minimum Gasteiger partial charge on any atom is -0.325 e. The van der Waals surface area contributed by atoms with E-state index in [1.807, 2.05) is 0 Å². The SMILES string of the molecule is Cc1ccc(S(=O)(=O)N(CC(=O)Nc2ccc(F)c(C(F)(F)F)c2)Cc2ccccc2)cc1. The number of hydrogen-bond acceptors (Lipinski definition) is 3. The van der Waals surface area contributed by atoms with Crippen molar-refractivity contribution in [3.8, 4) is 0 Å². The number of hydrogen-bond donors (Lipinski definition) is 1. The van der Waals surface area contributed by atoms with Crippen molar-refractivity contribution in [2.75, 3.05) is 11.9 Å². The third-order valence-corrected chi connectivity index (χ3v) is 6.54. The van der Waals surface area contributed by atoms with Gasteiger partial charge in [-0.15, -0.1) is 0 Å². The lowest BCUT2D eigenvalue weighted by Crippen LogP contribution is -2.37. The maximum absolute atomic E-state index is 13.5. The highest BCUT2D eigenvalue weighted by Crippen LogP contribution is 2.33. The Morgan fingerprint density at radius 1 is 0.970 bits per heavy atom. The highest BCUT2D eigenvalue weighted by molar-refractivity contribution is 7.89. The topological polar surface area (TPSA) is 66.5 Å². The van der Waals surface area contributed by atoms with E-state index < -0.39 is 40.0 Å². The Labute approximate surface area is 188 Å². The molecule has 0 unspecified atom stereocenters. The van der Waals surface area contributed by atoms with Crippen molar-refractivity contribution in [1.29, 1.82) is 0 Å². The van der Waals surface area contributed by atoms with Crippen molar-refractivity contribution in [3.05, 3.63) is 95.3 Å². The van der Waals surface area contributed by atoms with Gasteiger partial charge in [-0.2, -0.15) is 17.5 Å². The summed E-state index contributed by atoms with van der Waals surface area (Å²) in [5, 5.41) is 2.22. The van der Waals surface area contributed by atoms with Gasteiger partial charge in [0.25, 0.3) is 0 Å². The Morgan fingerprint density at radius 3 is 2.21 bits per heavy atom. The smallest absolute Gasteiger partial charge is 0.325 e. The molecule has 0 atom stereocenters. The highest BCUT2D eigenvalue weighted by Gasteiger charge is 2.34. The normalized spacial score (nSPS) is 12.1. The molecule has 0 saturated heterocycles. The maximum atomic E-state index is 13.5. The maximum Gasteiger partial charge on any atom is 0.419 e. The van der Waals surface area contributed by atoms with E-state index in [1.165, 1.54) is 12.1 Å². The van der Waals surface area contributed by atoms with E-state index in [4.69, 9.17) is 0 Å². The molecule has 1 amide bonds. The molecule has 0 spiro atoms. The molecule has 0 aliphatic rings. The van der Waals surface area contributed by atoms with Gasteiger partial charge in [-0.25, -0.2) is 12.8 Å². The molecular weight excluding hydrogens is 460 g/mol. The second kappa shape index (κ2) is 9.72. The predicted molar refractivity (Wildman–Crippen MR) is 115 cm³/mol. The minimum absolute atomic E-state index is 0.0297. The lowest BCUT2D eigenvalue weighted by Gasteiger charge is -2.22. The molecule has 174 valence electrons. The van der Waals surface area contributed by atoms with Crippen molar-refractivity contribution in [2.24, 2.45) is 0 Å². The highest BCUT2D eigenvalue weighted by atomic mass is 32.2. The lowest BCUT2D eigenvalue weighted by molar-refractivity contribution is -0.140. The van der Waals surface area contributed by atoms with Crippen LogP contribution in [0.25, 0.3) is 0 Å². The van der Waals surface area contributed by atoms with Crippen molar-refractivity contribution >= 4 is 21.6 Å². The molecule has 0 aliphatic carbocycles. The zero-order valence-corrected chi connectivity index (χ0v) is 18.3. The van der Waals surface area contributed by atoms with E-state index in [0.29, 0.717) is 17.7 Å². The molecular formula is C23H20F4N2O3S. The number of carbonyl (C=O) groups excluding carboxylic acids is 1. The van der Waals surface area contributed by atoms with Gasteiger partial charge >= 0.3 is 6.18 Å². The van der Waals surface area contributed by atoms with Crippen LogP contribution in [-0.4, -0.2) is 25.2 Å². The van der Waals surface area contributed by atoms with Crippen LogP contribution < -0.4 is 5.32 Å². The average Bonchev–Trinajstić information content (AvgIpc) is 2.75. The Morgan fingerprint density at radius 2 is 1.61 bits per heavy atom. The van der Waals surface area contributed by atoms with Crippen LogP contribution >= 0.6 is 0 Å². The fourth-order valence-electron chi connectivity index (χ4n) is 3.05. The van der Waals surface area contributed by atoms with Crippen LogP contribution in [0.3, 0.4) is 0 Å². The second-order valence-electron chi connectivity index (χ2n) is 7.31. The van der Waals surface area contributed by atoms with Crippen LogP contribution in [0.2, 0.25) is 0 Å². The third-order valence-electron chi connectivity index (χ3n) is 4.74. The first-order chi connectivity index (χ1) is 15.5. The summed E-state index contributed by atoms with van der Waals surface area (Å²) in [5.41, 5.74) is -0.380. The summed E-state index contributed by atoms with van der Waals surface area (Å²) in [4.78, 5) is 12.6. The molecule has 0 radical (unpaired) electrons. The Kier molecular flexibility index (Phi) is 7.19. The molecule has 3 aromatic carbocycles. The number of sulfonamides is 1. The molecule has 33 heavy (non-hydrogen) atoms. The molecule has 0 saturated carbocycles. The van der Waals surface area contributed by atoms with E-state index >= 15 is 0 Å². The number of nitrogens with one attached hydrogen (secondary N) is 1. The Bertz CT molecular complexity index is 1230. The van der Waals surface area contributed by atoms with Gasteiger partial charge in [-0.05, 0) is 42.8 Å². The first-order valence-electron chi connectivity index (χ1n) is 9.74. The number of carbonyl (C=O) groups is 1. The Balaban J connectivity index is 1.87. The van der Waals surface area contributed by atoms with Crippen LogP contribution in [0.5, 0.6) is 0 Å². The predicted octanol–water partition coefficient (Wildman–Crippen LogP) is 4.98. The monoisotopic (exact) mass is 480 g/mol. The zero-order valence-electron chi connectivity index (χ0n) is 17.4. The van der Waals surface area contributed by atoms with Crippen LogP contribution in [-0.2, 0) is 27.5 Å². The standard InChI is InChI=1S/C23H20F4N2O3S/c1-16-7-10-19(11-8-16)33(31,32)29(14-17-5-3-2-4-6-17)15-22(30)28-18-9-12-21(24)20(13-18)23(25,26)27/h2-13H,14-15H2,1H3,(H,28,30). The van der Waals surface area contributed by atoms with Crippen LogP contribution in [0.1, 0.15) is 16.7 Å². The number of halogens is 4. The van der Waals surface area contributed by atoms with Crippen LogP contribution in [0.15, 0.2) is 77.7 Å². The Hall–Kier alpha value is -3.24. The van der Waals surface area contributed by atoms with Gasteiger partial charge in [-0.3, -0.25) is 4.79 Å². The minimum atomic E-state index is -4.95. The summed E-state index contributed by atoms with van der Waals surface area (Å²) < 4.78 is 79.7. The third kappa shape index (κ3) is 6.17. The summed E-state index contributed by atoms with van der Waals surface area (Å²) in [6.07, 6.45) is -4.95. The molecule has 5 nitrogen and oxygen atoms in total. The first-order valence-corrected chi connectivity index (χ1v) is 11.2. The molecule has 0 aliphatic heterocycles. The summed E-state index contributed by atoms with van der Waals surface area (Å²) in [5.74, 6) is -2.35. The number of amides is 1. The van der Waals surface area contributed by atoms with Gasteiger partial charge in [0.15, 0.2) is 0 Å². The van der Waals surface area contributed by atoms with Gasteiger partial charge in [0, 0.05) is 12.2 Å². The van der Waals surface area contributed by atoms with Crippen molar-refractivity contribution in [3.63, 3.8) is 0 Å². The molecule has 10 heteroatoms. The van der Waals surface area contributed by atoms with Crippen molar-refractivity contribution in [1.82, 2.24) is 4.31 Å². The van der Waals surface area contributed by atoms with Gasteiger partial charge < -0.3 is 5.32 Å². The first kappa shape index (κ1) is 24.4. The molecule has 0 heterocycles. The van der Waals surface area contributed by atoms with Gasteiger partial charge in [0.1, 0.15) is 5.82 Å². The number of benzene rings is 3. The van der Waals surface area contributed by atoms with Gasteiger partial charge in [0.05, 0.1) is 17.0 Å². The number of nitrogens with zero attached hydrogens (tertiary/aromatic N) is 1. The van der Waals surface area contributed by atoms with Crippen molar-refractivity contribution < 1.29 is 30.8 Å². The lowest BCUT2D eigenvalue weighted by atomic mass is 10.2. The van der Waals surface area contributed by atoms with Crippen molar-refractivity contribution in [2.45, 2.75) is 24.5 Å². The quantitative estimate of drug-likeness (QED) is 0.485. The number of anilines is 1. The fraction of sp³-hybridized carbons (Fsp3) is 0.174. The van der Waals surface area contributed by atoms with Gasteiger partial charge in [-0.1, -0.05) is 48.0 Å². The van der Waals surface area contributed by atoms with E-state index in [-0.39, 0.29) is 17.1 Å². The van der Waals surface area contributed by atoms with Crippen LogP contribution in [0.4, 0.5) is 23.2 Å². The molecule has 1 N–H and O–H groups in total.